The SMILES string of the molecule is CC(C)C(COc1ccn(C(=O)O)n1)C(C)C. The van der Waals surface area contributed by atoms with Crippen molar-refractivity contribution in [1.82, 2.24) is 9.78 Å². The van der Waals surface area contributed by atoms with Gasteiger partial charge in [0.15, 0.2) is 0 Å². The van der Waals surface area contributed by atoms with Gasteiger partial charge in [-0.2, -0.15) is 4.68 Å². The Bertz CT molecular complexity index is 364. The van der Waals surface area contributed by atoms with Crippen LogP contribution in [0.3, 0.4) is 0 Å². The van der Waals surface area contributed by atoms with Crippen LogP contribution in [0.4, 0.5) is 4.79 Å². The van der Waals surface area contributed by atoms with Gasteiger partial charge >= 0.3 is 6.09 Å². The minimum Gasteiger partial charge on any atom is -0.476 e. The highest BCUT2D eigenvalue weighted by atomic mass is 16.5. The van der Waals surface area contributed by atoms with E-state index in [1.807, 2.05) is 0 Å². The van der Waals surface area contributed by atoms with Crippen LogP contribution in [-0.4, -0.2) is 27.6 Å². The second-order valence-electron chi connectivity index (χ2n) is 4.84. The van der Waals surface area contributed by atoms with E-state index in [0.29, 0.717) is 30.2 Å². The molecule has 0 aliphatic rings. The fraction of sp³-hybridized carbons (Fsp3) is 0.667. The molecule has 0 radical (unpaired) electrons. The van der Waals surface area contributed by atoms with Gasteiger partial charge in [-0.15, -0.1) is 5.10 Å². The predicted molar refractivity (Wildman–Crippen MR) is 64.3 cm³/mol. The Hall–Kier alpha value is -1.52. The van der Waals surface area contributed by atoms with E-state index in [4.69, 9.17) is 9.84 Å². The highest BCUT2D eigenvalue weighted by Gasteiger charge is 2.18. The van der Waals surface area contributed by atoms with E-state index < -0.39 is 6.09 Å². The Morgan fingerprint density at radius 1 is 1.41 bits per heavy atom. The summed E-state index contributed by atoms with van der Waals surface area (Å²) in [5.74, 6) is 1.84. The average Bonchev–Trinajstić information content (AvgIpc) is 2.65. The van der Waals surface area contributed by atoms with Gasteiger partial charge in [-0.3, -0.25) is 0 Å². The van der Waals surface area contributed by atoms with Crippen molar-refractivity contribution in [3.8, 4) is 5.88 Å². The molecule has 0 aliphatic carbocycles. The van der Waals surface area contributed by atoms with Gasteiger partial charge in [-0.25, -0.2) is 4.79 Å². The lowest BCUT2D eigenvalue weighted by atomic mass is 9.86. The van der Waals surface area contributed by atoms with Crippen LogP contribution < -0.4 is 4.74 Å². The lowest BCUT2D eigenvalue weighted by Crippen LogP contribution is -2.23. The van der Waals surface area contributed by atoms with E-state index in [0.717, 1.165) is 4.68 Å². The molecule has 1 aromatic rings. The first-order chi connectivity index (χ1) is 7.91. The van der Waals surface area contributed by atoms with Crippen LogP contribution in [0.1, 0.15) is 27.7 Å². The summed E-state index contributed by atoms with van der Waals surface area (Å²) in [4.78, 5) is 10.6. The lowest BCUT2D eigenvalue weighted by Gasteiger charge is -2.24. The third-order valence-electron chi connectivity index (χ3n) is 2.90. The first kappa shape index (κ1) is 13.5. The molecule has 96 valence electrons. The summed E-state index contributed by atoms with van der Waals surface area (Å²) in [7, 11) is 0. The molecule has 0 saturated carbocycles. The number of carbonyl (C=O) groups is 1. The summed E-state index contributed by atoms with van der Waals surface area (Å²) >= 11 is 0. The molecule has 0 atom stereocenters. The third kappa shape index (κ3) is 3.76. The number of aromatic nitrogens is 2. The number of nitrogens with zero attached hydrogens (tertiary/aromatic N) is 2. The van der Waals surface area contributed by atoms with Crippen LogP contribution >= 0.6 is 0 Å². The first-order valence-electron chi connectivity index (χ1n) is 5.83. The van der Waals surface area contributed by atoms with Crippen molar-refractivity contribution >= 4 is 6.09 Å². The number of hydrogen-bond acceptors (Lipinski definition) is 3. The van der Waals surface area contributed by atoms with E-state index >= 15 is 0 Å². The summed E-state index contributed by atoms with van der Waals surface area (Å²) < 4.78 is 6.37. The molecule has 0 amide bonds. The largest absolute Gasteiger partial charge is 0.476 e. The molecule has 0 aliphatic heterocycles. The summed E-state index contributed by atoms with van der Waals surface area (Å²) in [5, 5.41) is 12.5. The lowest BCUT2D eigenvalue weighted by molar-refractivity contribution is 0.159. The topological polar surface area (TPSA) is 64.3 Å². The Morgan fingerprint density at radius 2 is 2.00 bits per heavy atom. The third-order valence-corrected chi connectivity index (χ3v) is 2.90. The number of ether oxygens (including phenoxy) is 1. The molecule has 1 aromatic heterocycles. The zero-order valence-electron chi connectivity index (χ0n) is 10.8. The highest BCUT2D eigenvalue weighted by Crippen LogP contribution is 2.21. The van der Waals surface area contributed by atoms with E-state index in [9.17, 15) is 4.79 Å². The molecule has 1 rings (SSSR count). The maximum absolute atomic E-state index is 10.6. The number of hydrogen-bond donors (Lipinski definition) is 1. The van der Waals surface area contributed by atoms with Crippen molar-refractivity contribution in [2.45, 2.75) is 27.7 Å². The quantitative estimate of drug-likeness (QED) is 0.859. The summed E-state index contributed by atoms with van der Waals surface area (Å²) in [6.07, 6.45) is 0.265. The summed E-state index contributed by atoms with van der Waals surface area (Å²) in [5.41, 5.74) is 0. The van der Waals surface area contributed by atoms with Crippen LogP contribution in [0.2, 0.25) is 0 Å². The van der Waals surface area contributed by atoms with Gasteiger partial charge in [0.2, 0.25) is 5.88 Å². The minimum absolute atomic E-state index is 0.360. The summed E-state index contributed by atoms with van der Waals surface area (Å²) in [6, 6.07) is 1.56. The van der Waals surface area contributed by atoms with E-state index in [1.165, 1.54) is 6.20 Å². The fourth-order valence-corrected chi connectivity index (χ4v) is 1.83. The van der Waals surface area contributed by atoms with Gasteiger partial charge in [-0.05, 0) is 17.8 Å². The second-order valence-corrected chi connectivity index (χ2v) is 4.84. The normalized spacial score (nSPS) is 11.5. The maximum Gasteiger partial charge on any atom is 0.432 e. The molecule has 17 heavy (non-hydrogen) atoms. The Kier molecular flexibility index (Phi) is 4.54. The van der Waals surface area contributed by atoms with Crippen LogP contribution in [-0.2, 0) is 0 Å². The molecule has 0 aromatic carbocycles. The molecule has 1 N–H and O–H groups in total. The van der Waals surface area contributed by atoms with Gasteiger partial charge in [0.05, 0.1) is 6.61 Å². The molecule has 0 saturated heterocycles. The average molecular weight is 240 g/mol. The van der Waals surface area contributed by atoms with Crippen molar-refractivity contribution in [2.24, 2.45) is 17.8 Å². The van der Waals surface area contributed by atoms with Crippen molar-refractivity contribution in [2.75, 3.05) is 6.61 Å². The van der Waals surface area contributed by atoms with Crippen LogP contribution in [0.25, 0.3) is 0 Å². The predicted octanol–water partition coefficient (Wildman–Crippen LogP) is 2.72. The van der Waals surface area contributed by atoms with E-state index in [-0.39, 0.29) is 0 Å². The molecular weight excluding hydrogens is 220 g/mol. The van der Waals surface area contributed by atoms with Crippen molar-refractivity contribution < 1.29 is 14.6 Å². The molecule has 5 nitrogen and oxygen atoms in total. The molecular formula is C12H20N2O3. The Labute approximate surface area is 101 Å². The van der Waals surface area contributed by atoms with E-state index in [2.05, 4.69) is 32.8 Å². The second kappa shape index (κ2) is 5.70. The van der Waals surface area contributed by atoms with Crippen LogP contribution in [0.5, 0.6) is 5.88 Å². The molecule has 1 heterocycles. The van der Waals surface area contributed by atoms with Gasteiger partial charge in [-0.1, -0.05) is 27.7 Å². The van der Waals surface area contributed by atoms with Crippen LogP contribution in [0, 0.1) is 17.8 Å². The molecule has 5 heteroatoms. The van der Waals surface area contributed by atoms with Crippen LogP contribution in [0.15, 0.2) is 12.3 Å². The number of rotatable bonds is 5. The van der Waals surface area contributed by atoms with Gasteiger partial charge in [0.1, 0.15) is 0 Å². The Morgan fingerprint density at radius 3 is 2.41 bits per heavy atom. The maximum atomic E-state index is 10.6. The molecule has 0 spiro atoms. The zero-order valence-corrected chi connectivity index (χ0v) is 10.8. The smallest absolute Gasteiger partial charge is 0.432 e. The monoisotopic (exact) mass is 240 g/mol. The van der Waals surface area contributed by atoms with Gasteiger partial charge in [0.25, 0.3) is 0 Å². The number of carboxylic acid groups (broad SMARTS) is 1. The van der Waals surface area contributed by atoms with Gasteiger partial charge < -0.3 is 9.84 Å². The van der Waals surface area contributed by atoms with Crippen molar-refractivity contribution in [1.29, 1.82) is 0 Å². The van der Waals surface area contributed by atoms with Crippen molar-refractivity contribution in [3.05, 3.63) is 12.3 Å². The molecule has 0 unspecified atom stereocenters. The van der Waals surface area contributed by atoms with Gasteiger partial charge in [0, 0.05) is 12.3 Å². The fourth-order valence-electron chi connectivity index (χ4n) is 1.83. The van der Waals surface area contributed by atoms with E-state index in [1.54, 1.807) is 6.07 Å². The molecule has 0 bridgehead atoms. The first-order valence-corrected chi connectivity index (χ1v) is 5.83. The summed E-state index contributed by atoms with van der Waals surface area (Å²) in [6.45, 7) is 9.19. The standard InChI is InChI=1S/C12H20N2O3/c1-8(2)10(9(3)4)7-17-11-5-6-14(13-11)12(15)16/h5-6,8-10H,7H2,1-4H3,(H,15,16). The zero-order chi connectivity index (χ0) is 13.0. The van der Waals surface area contributed by atoms with Crippen molar-refractivity contribution in [3.63, 3.8) is 0 Å². The Balaban J connectivity index is 2.56. The molecule has 0 fully saturated rings. The minimum atomic E-state index is -1.11. The highest BCUT2D eigenvalue weighted by molar-refractivity contribution is 5.66.